The van der Waals surface area contributed by atoms with Gasteiger partial charge in [-0.15, -0.1) is 0 Å². The highest BCUT2D eigenvalue weighted by Gasteiger charge is 2.22. The smallest absolute Gasteiger partial charge is 0.337 e. The minimum Gasteiger partial charge on any atom is -0.478 e. The molecule has 9 heteroatoms. The molecular formula is C19H22FN3O4S. The van der Waals surface area contributed by atoms with Crippen molar-refractivity contribution in [2.75, 3.05) is 46.5 Å². The first-order valence-corrected chi connectivity index (χ1v) is 10.6. The minimum atomic E-state index is -3.58. The Balaban J connectivity index is 1.77. The second kappa shape index (κ2) is 8.05. The number of hydrogen-bond donors (Lipinski definition) is 2. The average Bonchev–Trinajstić information content (AvgIpc) is 2.68. The SMILES string of the molecule is CCS(=O)(=O)Nc1ccc(N2CCN(c3ccccc3F)CC2)cc1C(=O)O. The molecule has 7 nitrogen and oxygen atoms in total. The Morgan fingerprint density at radius 2 is 1.75 bits per heavy atom. The number of aromatic carboxylic acids is 1. The van der Waals surface area contributed by atoms with Gasteiger partial charge >= 0.3 is 5.97 Å². The molecule has 0 saturated carbocycles. The van der Waals surface area contributed by atoms with E-state index in [-0.39, 0.29) is 22.8 Å². The largest absolute Gasteiger partial charge is 0.478 e. The number of carboxylic acid groups (broad SMARTS) is 1. The van der Waals surface area contributed by atoms with E-state index in [1.165, 1.54) is 25.1 Å². The van der Waals surface area contributed by atoms with E-state index in [0.29, 0.717) is 37.6 Å². The van der Waals surface area contributed by atoms with Gasteiger partial charge in [-0.25, -0.2) is 17.6 Å². The highest BCUT2D eigenvalue weighted by Crippen LogP contribution is 2.27. The molecule has 0 atom stereocenters. The van der Waals surface area contributed by atoms with Gasteiger partial charge in [-0.2, -0.15) is 0 Å². The maximum Gasteiger partial charge on any atom is 0.337 e. The number of piperazine rings is 1. The Morgan fingerprint density at radius 1 is 1.11 bits per heavy atom. The third kappa shape index (κ3) is 4.36. The Bertz CT molecular complexity index is 973. The van der Waals surface area contributed by atoms with Crippen molar-refractivity contribution in [2.45, 2.75) is 6.92 Å². The van der Waals surface area contributed by atoms with Crippen molar-refractivity contribution >= 4 is 33.1 Å². The molecule has 3 rings (SSSR count). The van der Waals surface area contributed by atoms with Crippen LogP contribution in [0.25, 0.3) is 0 Å². The summed E-state index contributed by atoms with van der Waals surface area (Å²) in [6.45, 7) is 3.84. The fourth-order valence-corrected chi connectivity index (χ4v) is 3.81. The second-order valence-electron chi connectivity index (χ2n) is 6.47. The number of anilines is 3. The molecule has 1 heterocycles. The summed E-state index contributed by atoms with van der Waals surface area (Å²) in [6, 6.07) is 11.2. The summed E-state index contributed by atoms with van der Waals surface area (Å²) in [5.41, 5.74) is 1.18. The van der Waals surface area contributed by atoms with E-state index in [9.17, 15) is 22.7 Å². The summed E-state index contributed by atoms with van der Waals surface area (Å²) >= 11 is 0. The summed E-state index contributed by atoms with van der Waals surface area (Å²) in [6.07, 6.45) is 0. The lowest BCUT2D eigenvalue weighted by atomic mass is 10.1. The molecule has 0 amide bonds. The monoisotopic (exact) mass is 407 g/mol. The number of carbonyl (C=O) groups is 1. The van der Waals surface area contributed by atoms with Gasteiger partial charge in [0.25, 0.3) is 0 Å². The van der Waals surface area contributed by atoms with Gasteiger partial charge in [-0.3, -0.25) is 4.72 Å². The molecule has 1 aliphatic heterocycles. The number of benzene rings is 2. The molecule has 0 aliphatic carbocycles. The van der Waals surface area contributed by atoms with Crippen LogP contribution in [0.15, 0.2) is 42.5 Å². The average molecular weight is 407 g/mol. The Morgan fingerprint density at radius 3 is 2.36 bits per heavy atom. The molecule has 2 aromatic rings. The zero-order chi connectivity index (χ0) is 20.3. The third-order valence-corrected chi connectivity index (χ3v) is 6.01. The van der Waals surface area contributed by atoms with Gasteiger partial charge in [0.2, 0.25) is 10.0 Å². The zero-order valence-corrected chi connectivity index (χ0v) is 16.2. The molecule has 1 aliphatic rings. The topological polar surface area (TPSA) is 90.0 Å². The number of carboxylic acids is 1. The fourth-order valence-electron chi connectivity index (χ4n) is 3.15. The van der Waals surface area contributed by atoms with Gasteiger partial charge in [0, 0.05) is 31.9 Å². The number of nitrogens with zero attached hydrogens (tertiary/aromatic N) is 2. The van der Waals surface area contributed by atoms with E-state index >= 15 is 0 Å². The summed E-state index contributed by atoms with van der Waals surface area (Å²) < 4.78 is 39.8. The predicted octanol–water partition coefficient (Wildman–Crippen LogP) is 2.61. The molecular weight excluding hydrogens is 385 g/mol. The lowest BCUT2D eigenvalue weighted by Gasteiger charge is -2.37. The molecule has 0 aromatic heterocycles. The van der Waals surface area contributed by atoms with E-state index < -0.39 is 16.0 Å². The van der Waals surface area contributed by atoms with E-state index in [4.69, 9.17) is 0 Å². The number of sulfonamides is 1. The van der Waals surface area contributed by atoms with Crippen molar-refractivity contribution in [3.05, 3.63) is 53.8 Å². The van der Waals surface area contributed by atoms with E-state index in [1.54, 1.807) is 24.3 Å². The summed E-state index contributed by atoms with van der Waals surface area (Å²) in [7, 11) is -3.58. The Kier molecular flexibility index (Phi) is 5.73. The van der Waals surface area contributed by atoms with E-state index in [1.807, 2.05) is 9.80 Å². The van der Waals surface area contributed by atoms with Crippen molar-refractivity contribution in [1.29, 1.82) is 0 Å². The number of nitrogens with one attached hydrogen (secondary N) is 1. The first-order valence-electron chi connectivity index (χ1n) is 8.93. The Labute approximate surface area is 163 Å². The zero-order valence-electron chi connectivity index (χ0n) is 15.4. The molecule has 2 N–H and O–H groups in total. The number of halogens is 1. The van der Waals surface area contributed by atoms with Crippen LogP contribution in [0, 0.1) is 5.82 Å². The fraction of sp³-hybridized carbons (Fsp3) is 0.316. The molecule has 28 heavy (non-hydrogen) atoms. The number of rotatable bonds is 6. The van der Waals surface area contributed by atoms with Gasteiger partial charge in [-0.05, 0) is 37.3 Å². The maximum atomic E-state index is 14.0. The van der Waals surface area contributed by atoms with Crippen molar-refractivity contribution in [3.63, 3.8) is 0 Å². The normalized spacial score (nSPS) is 14.8. The number of para-hydroxylation sites is 1. The van der Waals surface area contributed by atoms with Crippen LogP contribution < -0.4 is 14.5 Å². The van der Waals surface area contributed by atoms with Crippen molar-refractivity contribution in [1.82, 2.24) is 0 Å². The van der Waals surface area contributed by atoms with Gasteiger partial charge in [0.15, 0.2) is 0 Å². The van der Waals surface area contributed by atoms with Crippen LogP contribution in [0.1, 0.15) is 17.3 Å². The van der Waals surface area contributed by atoms with Crippen LogP contribution in [0.4, 0.5) is 21.5 Å². The van der Waals surface area contributed by atoms with Gasteiger partial charge < -0.3 is 14.9 Å². The second-order valence-corrected chi connectivity index (χ2v) is 8.48. The van der Waals surface area contributed by atoms with Crippen LogP contribution >= 0.6 is 0 Å². The molecule has 1 fully saturated rings. The van der Waals surface area contributed by atoms with Crippen molar-refractivity contribution in [2.24, 2.45) is 0 Å². The first-order chi connectivity index (χ1) is 13.3. The first kappa shape index (κ1) is 19.9. The predicted molar refractivity (Wildman–Crippen MR) is 107 cm³/mol. The number of hydrogen-bond acceptors (Lipinski definition) is 5. The van der Waals surface area contributed by atoms with Gasteiger partial charge in [0.05, 0.1) is 22.7 Å². The molecule has 150 valence electrons. The van der Waals surface area contributed by atoms with Gasteiger partial charge in [0.1, 0.15) is 5.82 Å². The standard InChI is InChI=1S/C19H22FN3O4S/c1-2-28(26,27)21-17-8-7-14(13-15(17)19(24)25)22-9-11-23(12-10-22)18-6-4-3-5-16(18)20/h3-8,13,21H,2,9-12H2,1H3,(H,24,25). The quantitative estimate of drug-likeness (QED) is 0.765. The van der Waals surface area contributed by atoms with E-state index in [0.717, 1.165) is 0 Å². The molecule has 0 radical (unpaired) electrons. The van der Waals surface area contributed by atoms with Crippen LogP contribution in [-0.2, 0) is 10.0 Å². The van der Waals surface area contributed by atoms with Crippen LogP contribution in [0.5, 0.6) is 0 Å². The minimum absolute atomic E-state index is 0.0445. The molecule has 2 aromatic carbocycles. The highest BCUT2D eigenvalue weighted by atomic mass is 32.2. The Hall–Kier alpha value is -2.81. The lowest BCUT2D eigenvalue weighted by molar-refractivity contribution is 0.0698. The summed E-state index contributed by atoms with van der Waals surface area (Å²) in [4.78, 5) is 15.6. The molecule has 0 bridgehead atoms. The molecule has 0 unspecified atom stereocenters. The van der Waals surface area contributed by atoms with Crippen LogP contribution in [0.2, 0.25) is 0 Å². The van der Waals surface area contributed by atoms with Gasteiger partial charge in [-0.1, -0.05) is 12.1 Å². The highest BCUT2D eigenvalue weighted by molar-refractivity contribution is 7.92. The van der Waals surface area contributed by atoms with Crippen molar-refractivity contribution < 1.29 is 22.7 Å². The van der Waals surface area contributed by atoms with Crippen molar-refractivity contribution in [3.8, 4) is 0 Å². The molecule has 1 saturated heterocycles. The third-order valence-electron chi connectivity index (χ3n) is 4.72. The van der Waals surface area contributed by atoms with Crippen LogP contribution in [0.3, 0.4) is 0 Å². The lowest BCUT2D eigenvalue weighted by Crippen LogP contribution is -2.46. The summed E-state index contributed by atoms with van der Waals surface area (Å²) in [5, 5.41) is 9.48. The van der Waals surface area contributed by atoms with E-state index in [2.05, 4.69) is 4.72 Å². The maximum absolute atomic E-state index is 14.0. The summed E-state index contributed by atoms with van der Waals surface area (Å²) in [5.74, 6) is -1.62. The molecule has 0 spiro atoms. The van der Waals surface area contributed by atoms with Crippen LogP contribution in [-0.4, -0.2) is 51.4 Å².